The smallest absolute Gasteiger partial charge is 0.340 e. The summed E-state index contributed by atoms with van der Waals surface area (Å²) < 4.78 is 33.9. The third-order valence-corrected chi connectivity index (χ3v) is 8.81. The number of thiophene rings is 1. The second kappa shape index (κ2) is 9.64. The number of methoxy groups -OCH3 is 1. The lowest BCUT2D eigenvalue weighted by atomic mass is 10.00. The molecular weight excluding hydrogens is 464 g/mol. The number of aryl methyl sites for hydroxylation is 2. The molecule has 0 aliphatic carbocycles. The molecule has 2 aromatic rings. The highest BCUT2D eigenvalue weighted by Gasteiger charge is 2.36. The van der Waals surface area contributed by atoms with Gasteiger partial charge in [-0.3, -0.25) is 14.3 Å². The van der Waals surface area contributed by atoms with E-state index in [9.17, 15) is 22.8 Å². The van der Waals surface area contributed by atoms with E-state index < -0.39 is 27.7 Å². The highest BCUT2D eigenvalue weighted by atomic mass is 32.2. The fourth-order valence-electron chi connectivity index (χ4n) is 3.84. The van der Waals surface area contributed by atoms with Crippen molar-refractivity contribution in [2.75, 3.05) is 18.4 Å². The summed E-state index contributed by atoms with van der Waals surface area (Å²) in [5.74, 6) is -2.18. The molecule has 0 saturated heterocycles. The summed E-state index contributed by atoms with van der Waals surface area (Å²) in [5.41, 5.74) is 2.73. The van der Waals surface area contributed by atoms with Gasteiger partial charge < -0.3 is 9.64 Å². The minimum Gasteiger partial charge on any atom is -0.465 e. The Kier molecular flexibility index (Phi) is 7.28. The second-order valence-corrected chi connectivity index (χ2v) is 11.3. The molecule has 0 saturated carbocycles. The molecule has 1 amide bonds. The number of amides is 1. The van der Waals surface area contributed by atoms with Crippen LogP contribution in [-0.4, -0.2) is 44.6 Å². The predicted octanol–water partition coefficient (Wildman–Crippen LogP) is 3.45. The van der Waals surface area contributed by atoms with E-state index in [1.54, 1.807) is 19.1 Å². The molecule has 1 aromatic heterocycles. The monoisotopic (exact) mass is 492 g/mol. The van der Waals surface area contributed by atoms with Crippen molar-refractivity contribution < 1.29 is 27.5 Å². The number of carbonyl (C=O) groups excluding carboxylic acids is 3. The molecule has 3 rings (SSSR count). The number of anilines is 1. The molecule has 2 heterocycles. The fourth-order valence-corrected chi connectivity index (χ4v) is 6.78. The van der Waals surface area contributed by atoms with E-state index in [1.807, 2.05) is 26.8 Å². The summed E-state index contributed by atoms with van der Waals surface area (Å²) in [6.07, 6.45) is 0.816. The van der Waals surface area contributed by atoms with Gasteiger partial charge in [0.1, 0.15) is 0 Å². The van der Waals surface area contributed by atoms with Gasteiger partial charge in [0.15, 0.2) is 4.21 Å². The van der Waals surface area contributed by atoms with Crippen molar-refractivity contribution in [3.8, 4) is 0 Å². The van der Waals surface area contributed by atoms with Gasteiger partial charge in [-0.2, -0.15) is 0 Å². The molecular formula is C23H28N2O6S2. The van der Waals surface area contributed by atoms with Crippen LogP contribution in [0.1, 0.15) is 52.2 Å². The predicted molar refractivity (Wildman–Crippen MR) is 126 cm³/mol. The van der Waals surface area contributed by atoms with Crippen LogP contribution in [0.5, 0.6) is 0 Å². The van der Waals surface area contributed by atoms with E-state index in [4.69, 9.17) is 4.74 Å². The van der Waals surface area contributed by atoms with Gasteiger partial charge in [0.2, 0.25) is 5.78 Å². The molecule has 1 unspecified atom stereocenters. The van der Waals surface area contributed by atoms with Gasteiger partial charge in [-0.05, 0) is 55.5 Å². The number of rotatable bonds is 7. The van der Waals surface area contributed by atoms with Crippen LogP contribution in [0, 0.1) is 19.8 Å². The van der Waals surface area contributed by atoms with Crippen LogP contribution in [0.2, 0.25) is 0 Å². The van der Waals surface area contributed by atoms with Crippen LogP contribution >= 0.6 is 11.3 Å². The summed E-state index contributed by atoms with van der Waals surface area (Å²) in [5, 5.41) is 0. The summed E-state index contributed by atoms with van der Waals surface area (Å²) in [6, 6.07) is 5.33. The minimum atomic E-state index is -4.10. The number of hydrogen-bond donors (Lipinski definition) is 1. The first-order chi connectivity index (χ1) is 15.5. The lowest BCUT2D eigenvalue weighted by molar-refractivity contribution is -0.147. The van der Waals surface area contributed by atoms with Crippen LogP contribution in [0.15, 0.2) is 22.4 Å². The maximum atomic E-state index is 13.3. The lowest BCUT2D eigenvalue weighted by Crippen LogP contribution is -2.41. The van der Waals surface area contributed by atoms with Crippen LogP contribution in [0.3, 0.4) is 0 Å². The minimum absolute atomic E-state index is 0.00488. The van der Waals surface area contributed by atoms with E-state index in [-0.39, 0.29) is 35.2 Å². The van der Waals surface area contributed by atoms with Crippen molar-refractivity contribution in [2.45, 2.75) is 51.3 Å². The normalized spacial score (nSPS) is 14.4. The molecule has 8 nitrogen and oxygen atoms in total. The molecule has 0 spiro atoms. The van der Waals surface area contributed by atoms with Gasteiger partial charge in [-0.1, -0.05) is 19.9 Å². The number of fused-ring (bicyclic) bond motifs is 1. The van der Waals surface area contributed by atoms with E-state index >= 15 is 0 Å². The van der Waals surface area contributed by atoms with Crippen LogP contribution in [0.4, 0.5) is 5.69 Å². The third-order valence-electron chi connectivity index (χ3n) is 5.69. The standard InChI is InChI=1S/C23H28N2O6S2/c1-6-15(4)20(26)21(27)25-8-7-17-18(12-25)32-23(19(17)22(28)31-5)33(29,30)24-16-10-13(2)9-14(3)11-16/h9-11,15,24H,6-8,12H2,1-5H3. The second-order valence-electron chi connectivity index (χ2n) is 8.29. The number of ketones is 1. The van der Waals surface area contributed by atoms with Gasteiger partial charge in [-0.15, -0.1) is 11.3 Å². The van der Waals surface area contributed by atoms with Crippen LogP contribution < -0.4 is 4.72 Å². The topological polar surface area (TPSA) is 110 Å². The molecule has 0 bridgehead atoms. The Balaban J connectivity index is 1.99. The Bertz CT molecular complexity index is 1200. The average molecular weight is 493 g/mol. The largest absolute Gasteiger partial charge is 0.465 e. The Morgan fingerprint density at radius 2 is 1.82 bits per heavy atom. The van der Waals surface area contributed by atoms with Gasteiger partial charge >= 0.3 is 5.97 Å². The Labute approximate surface area is 198 Å². The number of hydrogen-bond acceptors (Lipinski definition) is 7. The Hall–Kier alpha value is -2.72. The fraction of sp³-hybridized carbons (Fsp3) is 0.435. The lowest BCUT2D eigenvalue weighted by Gasteiger charge is -2.27. The maximum Gasteiger partial charge on any atom is 0.340 e. The number of nitrogens with one attached hydrogen (secondary N) is 1. The van der Waals surface area contributed by atoms with Gasteiger partial charge in [0.05, 0.1) is 19.2 Å². The van der Waals surface area contributed by atoms with Gasteiger partial charge in [0, 0.05) is 23.0 Å². The SMILES string of the molecule is CCC(C)C(=O)C(=O)N1CCc2c(sc(S(=O)(=O)Nc3cc(C)cc(C)c3)c2C(=O)OC)C1. The number of ether oxygens (including phenoxy) is 1. The maximum absolute atomic E-state index is 13.3. The third kappa shape index (κ3) is 5.11. The van der Waals surface area contributed by atoms with E-state index in [0.29, 0.717) is 22.5 Å². The molecule has 1 atom stereocenters. The van der Waals surface area contributed by atoms with Crippen molar-refractivity contribution >= 4 is 44.7 Å². The molecule has 0 radical (unpaired) electrons. The number of esters is 1. The zero-order valence-electron chi connectivity index (χ0n) is 19.4. The Morgan fingerprint density at radius 1 is 1.18 bits per heavy atom. The average Bonchev–Trinajstić information content (AvgIpc) is 3.15. The zero-order valence-corrected chi connectivity index (χ0v) is 21.0. The van der Waals surface area contributed by atoms with E-state index in [0.717, 1.165) is 22.5 Å². The summed E-state index contributed by atoms with van der Waals surface area (Å²) >= 11 is 0.931. The van der Waals surface area contributed by atoms with Crippen LogP contribution in [-0.2, 0) is 37.3 Å². The summed E-state index contributed by atoms with van der Waals surface area (Å²) in [7, 11) is -2.90. The zero-order chi connectivity index (χ0) is 24.5. The van der Waals surface area contributed by atoms with Crippen molar-refractivity contribution in [2.24, 2.45) is 5.92 Å². The molecule has 1 aliphatic rings. The molecule has 0 fully saturated rings. The first kappa shape index (κ1) is 24.9. The van der Waals surface area contributed by atoms with Gasteiger partial charge in [0.25, 0.3) is 15.9 Å². The molecule has 33 heavy (non-hydrogen) atoms. The van der Waals surface area contributed by atoms with Crippen molar-refractivity contribution in [3.05, 3.63) is 45.3 Å². The Morgan fingerprint density at radius 3 is 2.39 bits per heavy atom. The molecule has 1 N–H and O–H groups in total. The van der Waals surface area contributed by atoms with Crippen molar-refractivity contribution in [1.82, 2.24) is 4.90 Å². The van der Waals surface area contributed by atoms with Crippen LogP contribution in [0.25, 0.3) is 0 Å². The summed E-state index contributed by atoms with van der Waals surface area (Å²) in [6.45, 7) is 7.57. The number of Topliss-reactive ketones (excluding diaryl/α,β-unsaturated/α-hetero) is 1. The van der Waals surface area contributed by atoms with E-state index in [2.05, 4.69) is 4.72 Å². The van der Waals surface area contributed by atoms with Gasteiger partial charge in [-0.25, -0.2) is 13.2 Å². The summed E-state index contributed by atoms with van der Waals surface area (Å²) in [4.78, 5) is 39.6. The van der Waals surface area contributed by atoms with E-state index in [1.165, 1.54) is 12.0 Å². The number of carbonyl (C=O) groups is 3. The quantitative estimate of drug-likeness (QED) is 0.468. The highest BCUT2D eigenvalue weighted by molar-refractivity contribution is 7.94. The number of benzene rings is 1. The van der Waals surface area contributed by atoms with Crippen molar-refractivity contribution in [3.63, 3.8) is 0 Å². The molecule has 10 heteroatoms. The first-order valence-corrected chi connectivity index (χ1v) is 13.0. The number of nitrogens with zero attached hydrogens (tertiary/aromatic N) is 1. The number of sulfonamides is 1. The highest BCUT2D eigenvalue weighted by Crippen LogP contribution is 2.37. The molecule has 1 aliphatic heterocycles. The molecule has 178 valence electrons. The first-order valence-electron chi connectivity index (χ1n) is 10.7. The molecule has 1 aromatic carbocycles. The van der Waals surface area contributed by atoms with Crippen molar-refractivity contribution in [1.29, 1.82) is 0 Å².